The van der Waals surface area contributed by atoms with Gasteiger partial charge in [0.05, 0.1) is 63.9 Å². The second-order valence-electron chi connectivity index (χ2n) is 7.73. The fourth-order valence-corrected chi connectivity index (χ4v) is 3.64. The van der Waals surface area contributed by atoms with Gasteiger partial charge >= 0.3 is 5.97 Å². The van der Waals surface area contributed by atoms with Crippen LogP contribution in [-0.2, 0) is 28.5 Å². The number of amides is 1. The van der Waals surface area contributed by atoms with Crippen LogP contribution in [0.3, 0.4) is 0 Å². The van der Waals surface area contributed by atoms with Crippen molar-refractivity contribution in [3.05, 3.63) is 16.7 Å². The van der Waals surface area contributed by atoms with E-state index in [2.05, 4.69) is 10.3 Å². The van der Waals surface area contributed by atoms with Crippen LogP contribution in [0.1, 0.15) is 16.8 Å². The van der Waals surface area contributed by atoms with Gasteiger partial charge in [0.2, 0.25) is 5.88 Å². The number of nitrogens with one attached hydrogen (secondary N) is 1. The van der Waals surface area contributed by atoms with Gasteiger partial charge in [-0.25, -0.2) is 0 Å². The molecule has 1 saturated heterocycles. The monoisotopic (exact) mass is 518 g/mol. The van der Waals surface area contributed by atoms with Crippen LogP contribution in [0.25, 0.3) is 0 Å². The first kappa shape index (κ1) is 29.0. The van der Waals surface area contributed by atoms with Crippen molar-refractivity contribution in [1.29, 1.82) is 0 Å². The Bertz CT molecular complexity index is 816. The van der Waals surface area contributed by atoms with Crippen LogP contribution in [-0.4, -0.2) is 115 Å². The number of nitrogens with two attached hydrogens (primary N) is 1. The molecular weight excluding hydrogens is 484 g/mol. The normalized spacial score (nSPS) is 18.3. The molecule has 13 heteroatoms. The van der Waals surface area contributed by atoms with Gasteiger partial charge in [0.25, 0.3) is 5.91 Å². The van der Waals surface area contributed by atoms with Gasteiger partial charge in [-0.3, -0.25) is 14.5 Å². The number of methoxy groups -OCH3 is 3. The highest BCUT2D eigenvalue weighted by Gasteiger charge is 2.32. The molecule has 198 valence electrons. The summed E-state index contributed by atoms with van der Waals surface area (Å²) < 4.78 is 31.5. The van der Waals surface area contributed by atoms with Crippen LogP contribution in [0.2, 0.25) is 5.02 Å². The van der Waals surface area contributed by atoms with Crippen molar-refractivity contribution >= 4 is 29.3 Å². The molecule has 2 unspecified atom stereocenters. The topological polar surface area (TPSA) is 144 Å². The molecule has 1 aromatic heterocycles. The molecule has 1 aliphatic heterocycles. The first-order chi connectivity index (χ1) is 16.9. The minimum atomic E-state index is -0.403. The number of nitrogens with zero attached hydrogens (tertiary/aromatic N) is 2. The van der Waals surface area contributed by atoms with Crippen molar-refractivity contribution < 1.29 is 38.0 Å². The van der Waals surface area contributed by atoms with E-state index in [0.717, 1.165) is 0 Å². The fourth-order valence-electron chi connectivity index (χ4n) is 3.48. The third-order valence-corrected chi connectivity index (χ3v) is 5.62. The van der Waals surface area contributed by atoms with Crippen molar-refractivity contribution in [2.45, 2.75) is 18.6 Å². The predicted molar refractivity (Wildman–Crippen MR) is 128 cm³/mol. The van der Waals surface area contributed by atoms with E-state index >= 15 is 0 Å². The molecule has 12 nitrogen and oxygen atoms in total. The van der Waals surface area contributed by atoms with E-state index in [1.165, 1.54) is 13.2 Å². The smallest absolute Gasteiger partial charge is 0.320 e. The Labute approximate surface area is 210 Å². The van der Waals surface area contributed by atoms with Crippen LogP contribution in [0, 0.1) is 0 Å². The summed E-state index contributed by atoms with van der Waals surface area (Å²) in [7, 11) is 4.57. The highest BCUT2D eigenvalue weighted by molar-refractivity contribution is 6.33. The van der Waals surface area contributed by atoms with Gasteiger partial charge in [-0.1, -0.05) is 11.6 Å². The summed E-state index contributed by atoms with van der Waals surface area (Å²) in [6.07, 6.45) is 0.243. The molecule has 1 aromatic rings. The van der Waals surface area contributed by atoms with Crippen LogP contribution in [0.5, 0.6) is 5.88 Å². The number of ether oxygens (including phenoxy) is 6. The lowest BCUT2D eigenvalue weighted by molar-refractivity contribution is -0.147. The summed E-state index contributed by atoms with van der Waals surface area (Å²) in [4.78, 5) is 30.9. The van der Waals surface area contributed by atoms with Gasteiger partial charge in [-0.15, -0.1) is 0 Å². The zero-order chi connectivity index (χ0) is 25.6. The molecule has 0 aliphatic carbocycles. The number of carbonyl (C=O) groups is 2. The number of pyridine rings is 1. The van der Waals surface area contributed by atoms with Gasteiger partial charge in [0, 0.05) is 27.3 Å². The number of likely N-dealkylation sites (tertiary alicyclic amines) is 1. The van der Waals surface area contributed by atoms with E-state index in [9.17, 15) is 9.59 Å². The van der Waals surface area contributed by atoms with Gasteiger partial charge in [0.15, 0.2) is 0 Å². The Kier molecular flexibility index (Phi) is 13.0. The summed E-state index contributed by atoms with van der Waals surface area (Å²) in [5, 5.41) is 3.10. The SMILES string of the molecule is COCCOCCOCCOC(=O)CN1CCC(NC(=O)c2cc(Cl)c(N)nc2OC)C(OC)C1. The molecular formula is C22H35ClN4O8. The summed E-state index contributed by atoms with van der Waals surface area (Å²) >= 11 is 6.02. The van der Waals surface area contributed by atoms with Crippen LogP contribution >= 0.6 is 11.6 Å². The van der Waals surface area contributed by atoms with E-state index in [4.69, 9.17) is 45.8 Å². The zero-order valence-electron chi connectivity index (χ0n) is 20.4. The van der Waals surface area contributed by atoms with Gasteiger partial charge < -0.3 is 39.5 Å². The van der Waals surface area contributed by atoms with Crippen LogP contribution < -0.4 is 15.8 Å². The second kappa shape index (κ2) is 15.7. The van der Waals surface area contributed by atoms with E-state index in [-0.39, 0.29) is 53.6 Å². The molecule has 2 atom stereocenters. The average Bonchev–Trinajstić information content (AvgIpc) is 2.85. The van der Waals surface area contributed by atoms with Gasteiger partial charge in [0.1, 0.15) is 18.0 Å². The Balaban J connectivity index is 1.73. The lowest BCUT2D eigenvalue weighted by atomic mass is 10.0. The number of aromatic nitrogens is 1. The summed E-state index contributed by atoms with van der Waals surface area (Å²) in [6, 6.07) is 1.14. The minimum absolute atomic E-state index is 0.0774. The van der Waals surface area contributed by atoms with Crippen LogP contribution in [0.15, 0.2) is 6.07 Å². The largest absolute Gasteiger partial charge is 0.480 e. The highest BCUT2D eigenvalue weighted by atomic mass is 35.5. The number of carbonyl (C=O) groups excluding carboxylic acids is 2. The summed E-state index contributed by atoms with van der Waals surface area (Å²) in [5.41, 5.74) is 5.86. The average molecular weight is 519 g/mol. The molecule has 2 heterocycles. The molecule has 2 rings (SSSR count). The quantitative estimate of drug-likeness (QED) is 0.245. The lowest BCUT2D eigenvalue weighted by Gasteiger charge is -2.37. The second-order valence-corrected chi connectivity index (χ2v) is 8.14. The molecule has 0 radical (unpaired) electrons. The first-order valence-electron chi connectivity index (χ1n) is 11.3. The third-order valence-electron chi connectivity index (χ3n) is 5.32. The first-order valence-corrected chi connectivity index (χ1v) is 11.6. The Hall–Kier alpha value is -2.22. The van der Waals surface area contributed by atoms with E-state index in [0.29, 0.717) is 52.5 Å². The number of piperidine rings is 1. The molecule has 0 saturated carbocycles. The fraction of sp³-hybridized carbons (Fsp3) is 0.682. The maximum atomic E-state index is 12.8. The van der Waals surface area contributed by atoms with Crippen LogP contribution in [0.4, 0.5) is 5.82 Å². The van der Waals surface area contributed by atoms with E-state index in [1.54, 1.807) is 14.2 Å². The Morgan fingerprint density at radius 2 is 1.83 bits per heavy atom. The number of halogens is 1. The molecule has 35 heavy (non-hydrogen) atoms. The van der Waals surface area contributed by atoms with Crippen molar-refractivity contribution in [1.82, 2.24) is 15.2 Å². The lowest BCUT2D eigenvalue weighted by Crippen LogP contribution is -2.55. The van der Waals surface area contributed by atoms with E-state index in [1.807, 2.05) is 4.90 Å². The number of esters is 1. The van der Waals surface area contributed by atoms with E-state index < -0.39 is 5.91 Å². The summed E-state index contributed by atoms with van der Waals surface area (Å²) in [5.74, 6) is -0.593. The Morgan fingerprint density at radius 3 is 2.49 bits per heavy atom. The summed E-state index contributed by atoms with van der Waals surface area (Å²) in [6.45, 7) is 3.52. The number of hydrogen-bond acceptors (Lipinski definition) is 11. The van der Waals surface area contributed by atoms with Crippen molar-refractivity contribution in [2.24, 2.45) is 0 Å². The van der Waals surface area contributed by atoms with Crippen molar-refractivity contribution in [2.75, 3.05) is 86.3 Å². The maximum Gasteiger partial charge on any atom is 0.320 e. The number of rotatable bonds is 15. The molecule has 0 bridgehead atoms. The minimum Gasteiger partial charge on any atom is -0.480 e. The molecule has 1 fully saturated rings. The molecule has 1 aliphatic rings. The van der Waals surface area contributed by atoms with Crippen molar-refractivity contribution in [3.8, 4) is 5.88 Å². The molecule has 3 N–H and O–H groups in total. The van der Waals surface area contributed by atoms with Gasteiger partial charge in [-0.2, -0.15) is 4.98 Å². The highest BCUT2D eigenvalue weighted by Crippen LogP contribution is 2.25. The van der Waals surface area contributed by atoms with Gasteiger partial charge in [-0.05, 0) is 12.5 Å². The number of hydrogen-bond donors (Lipinski definition) is 2. The standard InChI is InChI=1S/C22H35ClN4O8/c1-30-6-7-33-8-9-34-10-11-35-19(28)14-27-5-4-17(18(13-27)31-2)25-21(29)15-12-16(23)20(24)26-22(15)32-3/h12,17-18H,4-11,13-14H2,1-3H3,(H2,24,26)(H,25,29). The number of anilines is 1. The third kappa shape index (κ3) is 9.74. The van der Waals surface area contributed by atoms with Crippen molar-refractivity contribution in [3.63, 3.8) is 0 Å². The zero-order valence-corrected chi connectivity index (χ0v) is 21.2. The number of nitrogen functional groups attached to an aromatic ring is 1. The maximum absolute atomic E-state index is 12.8. The Morgan fingerprint density at radius 1 is 1.14 bits per heavy atom. The molecule has 0 spiro atoms. The molecule has 0 aromatic carbocycles. The predicted octanol–water partition coefficient (Wildman–Crippen LogP) is 0.368. The molecule has 1 amide bonds.